The molecule has 0 unspecified atom stereocenters. The van der Waals surface area contributed by atoms with Crippen LogP contribution in [0.5, 0.6) is 0 Å². The topological polar surface area (TPSA) is 248 Å². The number of nitrogens with one attached hydrogen (secondary N) is 4. The maximum absolute atomic E-state index is 10.9. The van der Waals surface area contributed by atoms with Crippen molar-refractivity contribution in [2.45, 2.75) is 32.9 Å². The average molecular weight is 515 g/mol. The number of aliphatic carboxylic acids is 1. The Morgan fingerprint density at radius 1 is 0.861 bits per heavy atom. The summed E-state index contributed by atoms with van der Waals surface area (Å²) in [5, 5.41) is 38.9. The van der Waals surface area contributed by atoms with E-state index in [1.807, 2.05) is 0 Å². The first-order valence-corrected chi connectivity index (χ1v) is 10.7. The molecule has 18 nitrogen and oxygen atoms in total. The molecular formula is C18H30N10O8. The minimum atomic E-state index is -0.812. The van der Waals surface area contributed by atoms with Crippen LogP contribution in [-0.4, -0.2) is 102 Å². The van der Waals surface area contributed by atoms with Crippen LogP contribution in [0.15, 0.2) is 12.7 Å². The molecule has 2 amide bonds. The lowest BCUT2D eigenvalue weighted by molar-refractivity contribution is -0.141. The molecule has 0 atom stereocenters. The number of aromatic nitrogens is 6. The van der Waals surface area contributed by atoms with Crippen molar-refractivity contribution in [3.63, 3.8) is 0 Å². The smallest absolute Gasteiger partial charge is 0.314 e. The Labute approximate surface area is 205 Å². The summed E-state index contributed by atoms with van der Waals surface area (Å²) in [6, 6.07) is 0. The van der Waals surface area contributed by atoms with Crippen molar-refractivity contribution in [1.82, 2.24) is 51.1 Å². The third kappa shape index (κ3) is 13.0. The van der Waals surface area contributed by atoms with Crippen molar-refractivity contribution in [2.24, 2.45) is 0 Å². The first-order chi connectivity index (χ1) is 17.3. The van der Waals surface area contributed by atoms with E-state index in [0.717, 1.165) is 0 Å². The largest absolute Gasteiger partial charge is 0.481 e. The lowest BCUT2D eigenvalue weighted by Gasteiger charge is -2.04. The number of nitrogens with zero attached hydrogens (tertiary/aromatic N) is 6. The molecule has 0 radical (unpaired) electrons. The number of hydrogen-bond donors (Lipinski definition) is 7. The standard InChI is InChI=1S/2C9H15N5O4/c1-7(15)18-5-3-10-2-4-14-6-11-8(12-14)9(16)13-17;15-7(16)2-1-3-10-4-5-14-6-11-8(12-14)9(17)13-18/h6,10,17H,2-5H2,1H3,(H,13,16);6,10,18H,1-5H2,(H,13,17)(H,15,16). The van der Waals surface area contributed by atoms with E-state index >= 15 is 0 Å². The van der Waals surface area contributed by atoms with Gasteiger partial charge in [-0.05, 0) is 13.0 Å². The van der Waals surface area contributed by atoms with E-state index in [1.54, 1.807) is 0 Å². The van der Waals surface area contributed by atoms with Crippen LogP contribution in [0.2, 0.25) is 0 Å². The molecule has 2 aromatic heterocycles. The maximum Gasteiger partial charge on any atom is 0.314 e. The van der Waals surface area contributed by atoms with Gasteiger partial charge < -0.3 is 20.5 Å². The van der Waals surface area contributed by atoms with Crippen LogP contribution in [0, 0.1) is 0 Å². The number of carbonyl (C=O) groups is 4. The summed E-state index contributed by atoms with van der Waals surface area (Å²) in [5.74, 6) is -2.85. The van der Waals surface area contributed by atoms with Crippen molar-refractivity contribution in [3.8, 4) is 0 Å². The van der Waals surface area contributed by atoms with Crippen LogP contribution in [0.1, 0.15) is 41.0 Å². The number of rotatable bonds is 15. The predicted molar refractivity (Wildman–Crippen MR) is 118 cm³/mol. The van der Waals surface area contributed by atoms with E-state index in [1.165, 1.54) is 39.9 Å². The lowest BCUT2D eigenvalue weighted by Crippen LogP contribution is -2.25. The van der Waals surface area contributed by atoms with E-state index in [-0.39, 0.29) is 24.0 Å². The number of carboxylic acids is 1. The fourth-order valence-corrected chi connectivity index (χ4v) is 2.38. The highest BCUT2D eigenvalue weighted by atomic mass is 16.5. The molecule has 2 aromatic rings. The number of carboxylic acid groups (broad SMARTS) is 1. The molecule has 7 N–H and O–H groups in total. The minimum absolute atomic E-state index is 0.0996. The Kier molecular flexibility index (Phi) is 14.5. The fourth-order valence-electron chi connectivity index (χ4n) is 2.38. The molecule has 0 fully saturated rings. The van der Waals surface area contributed by atoms with E-state index in [4.69, 9.17) is 20.3 Å². The van der Waals surface area contributed by atoms with Gasteiger partial charge >= 0.3 is 23.8 Å². The van der Waals surface area contributed by atoms with E-state index < -0.39 is 17.8 Å². The Hall–Kier alpha value is -4.00. The Balaban J connectivity index is 0.000000360. The summed E-state index contributed by atoms with van der Waals surface area (Å²) >= 11 is 0. The van der Waals surface area contributed by atoms with Crippen LogP contribution in [0.25, 0.3) is 0 Å². The SMILES string of the molecule is CC(=O)OCCNCCn1cnc(C(=O)NO)n1.O=C(O)CCCNCCn1cnc(C(=O)NO)n1. The van der Waals surface area contributed by atoms with Gasteiger partial charge in [-0.3, -0.25) is 39.0 Å². The van der Waals surface area contributed by atoms with Gasteiger partial charge in [0.2, 0.25) is 11.6 Å². The van der Waals surface area contributed by atoms with Crippen molar-refractivity contribution in [1.29, 1.82) is 0 Å². The lowest BCUT2D eigenvalue weighted by atomic mass is 10.3. The van der Waals surface area contributed by atoms with Crippen molar-refractivity contribution in [3.05, 3.63) is 24.3 Å². The van der Waals surface area contributed by atoms with Gasteiger partial charge in [0, 0.05) is 33.0 Å². The zero-order valence-corrected chi connectivity index (χ0v) is 19.6. The van der Waals surface area contributed by atoms with Gasteiger partial charge in [0.05, 0.1) is 13.1 Å². The van der Waals surface area contributed by atoms with Crippen LogP contribution in [0.3, 0.4) is 0 Å². The number of ether oxygens (including phenoxy) is 1. The molecule has 18 heteroatoms. The van der Waals surface area contributed by atoms with Crippen molar-refractivity contribution >= 4 is 23.8 Å². The molecule has 2 heterocycles. The molecule has 200 valence electrons. The Morgan fingerprint density at radius 2 is 1.36 bits per heavy atom. The zero-order valence-electron chi connectivity index (χ0n) is 19.6. The van der Waals surface area contributed by atoms with Gasteiger partial charge in [-0.2, -0.15) is 0 Å². The molecule has 0 saturated carbocycles. The second-order valence-corrected chi connectivity index (χ2v) is 6.88. The first kappa shape index (κ1) is 30.0. The van der Waals surface area contributed by atoms with Crippen molar-refractivity contribution < 1.29 is 39.4 Å². The summed E-state index contributed by atoms with van der Waals surface area (Å²) < 4.78 is 7.64. The van der Waals surface area contributed by atoms with Crippen LogP contribution < -0.4 is 21.6 Å². The minimum Gasteiger partial charge on any atom is -0.481 e. The summed E-state index contributed by atoms with van der Waals surface area (Å²) in [6.07, 6.45) is 3.46. The molecule has 0 aliphatic rings. The third-order valence-electron chi connectivity index (χ3n) is 4.05. The number of hydrogen-bond acceptors (Lipinski definition) is 13. The molecule has 0 aromatic carbocycles. The molecule has 0 aliphatic heterocycles. The van der Waals surface area contributed by atoms with E-state index in [0.29, 0.717) is 52.3 Å². The summed E-state index contributed by atoms with van der Waals surface area (Å²) in [4.78, 5) is 50.0. The molecular weight excluding hydrogens is 484 g/mol. The summed E-state index contributed by atoms with van der Waals surface area (Å²) in [7, 11) is 0. The third-order valence-corrected chi connectivity index (χ3v) is 4.05. The summed E-state index contributed by atoms with van der Waals surface area (Å²) in [5.41, 5.74) is 2.89. The van der Waals surface area contributed by atoms with Crippen LogP contribution in [0.4, 0.5) is 0 Å². The molecule has 2 rings (SSSR count). The number of hydroxylamine groups is 2. The van der Waals surface area contributed by atoms with Crippen molar-refractivity contribution in [2.75, 3.05) is 32.8 Å². The zero-order chi connectivity index (χ0) is 26.8. The number of esters is 1. The Morgan fingerprint density at radius 3 is 1.81 bits per heavy atom. The van der Waals surface area contributed by atoms with Gasteiger partial charge in [-0.15, -0.1) is 10.2 Å². The molecule has 0 bridgehead atoms. The monoisotopic (exact) mass is 514 g/mol. The number of amides is 2. The van der Waals surface area contributed by atoms with Gasteiger partial charge in [0.1, 0.15) is 19.3 Å². The van der Waals surface area contributed by atoms with Gasteiger partial charge in [-0.25, -0.2) is 20.9 Å². The second kappa shape index (κ2) is 17.4. The number of carbonyl (C=O) groups excluding carboxylic acids is 3. The highest BCUT2D eigenvalue weighted by molar-refractivity contribution is 5.89. The van der Waals surface area contributed by atoms with Gasteiger partial charge in [-0.1, -0.05) is 0 Å². The normalized spacial score (nSPS) is 10.2. The highest BCUT2D eigenvalue weighted by Gasteiger charge is 2.10. The first-order valence-electron chi connectivity index (χ1n) is 10.7. The average Bonchev–Trinajstić information content (AvgIpc) is 3.52. The highest BCUT2D eigenvalue weighted by Crippen LogP contribution is 1.91. The second-order valence-electron chi connectivity index (χ2n) is 6.88. The quantitative estimate of drug-likeness (QED) is 0.0557. The summed E-state index contributed by atoms with van der Waals surface area (Å²) in [6.45, 7) is 4.98. The molecule has 0 saturated heterocycles. The van der Waals surface area contributed by atoms with Crippen LogP contribution >= 0.6 is 0 Å². The van der Waals surface area contributed by atoms with Gasteiger partial charge in [0.15, 0.2) is 0 Å². The molecule has 0 aliphatic carbocycles. The molecule has 0 spiro atoms. The van der Waals surface area contributed by atoms with E-state index in [9.17, 15) is 19.2 Å². The molecule has 36 heavy (non-hydrogen) atoms. The van der Waals surface area contributed by atoms with Gasteiger partial charge in [0.25, 0.3) is 0 Å². The van der Waals surface area contributed by atoms with E-state index in [2.05, 4.69) is 30.8 Å². The fraction of sp³-hybridized carbons (Fsp3) is 0.556. The predicted octanol–water partition coefficient (Wildman–Crippen LogP) is -2.60. The Bertz CT molecular complexity index is 887. The van der Waals surface area contributed by atoms with Crippen LogP contribution in [-0.2, 0) is 27.4 Å². The maximum atomic E-state index is 10.9.